The van der Waals surface area contributed by atoms with Crippen molar-refractivity contribution in [2.24, 2.45) is 0 Å². The molecular weight excluding hydrogens is 236 g/mol. The Kier molecular flexibility index (Phi) is 6.62. The predicted molar refractivity (Wildman–Crippen MR) is 80.6 cm³/mol. The molecule has 0 aromatic rings. The molecule has 0 bridgehead atoms. The van der Waals surface area contributed by atoms with Crippen LogP contribution in [0.3, 0.4) is 0 Å². The number of hydrogen-bond donors (Lipinski definition) is 1. The Morgan fingerprint density at radius 2 is 1.58 bits per heavy atom. The van der Waals surface area contributed by atoms with E-state index in [9.17, 15) is 0 Å². The van der Waals surface area contributed by atoms with Crippen LogP contribution < -0.4 is 5.32 Å². The highest BCUT2D eigenvalue weighted by Gasteiger charge is 2.17. The minimum absolute atomic E-state index is 0.558. The molecule has 2 atom stereocenters. The lowest BCUT2D eigenvalue weighted by Crippen LogP contribution is -2.43. The van der Waals surface area contributed by atoms with Crippen LogP contribution in [-0.4, -0.2) is 49.3 Å². The average molecular weight is 268 g/mol. The maximum Gasteiger partial charge on any atom is 0.0597 e. The highest BCUT2D eigenvalue weighted by atomic mass is 16.5. The summed E-state index contributed by atoms with van der Waals surface area (Å²) in [7, 11) is 0. The number of nitrogens with zero attached hydrogens (tertiary/aromatic N) is 1. The van der Waals surface area contributed by atoms with E-state index in [-0.39, 0.29) is 0 Å². The van der Waals surface area contributed by atoms with Gasteiger partial charge in [0.2, 0.25) is 0 Å². The standard InChI is InChI=1S/C16H32N2O/c1-14-8-10-18(11-9-15(2)17-14)12-13-19-16-6-4-3-5-7-16/h14-17H,3-13H2,1-2H3. The predicted octanol–water partition coefficient (Wildman–Crippen LogP) is 2.80. The fourth-order valence-corrected chi connectivity index (χ4v) is 3.32. The maximum absolute atomic E-state index is 6.05. The Labute approximate surface area is 119 Å². The van der Waals surface area contributed by atoms with E-state index in [0.717, 1.165) is 13.2 Å². The molecule has 1 heterocycles. The van der Waals surface area contributed by atoms with E-state index in [1.54, 1.807) is 0 Å². The molecule has 3 heteroatoms. The van der Waals surface area contributed by atoms with Crippen LogP contribution in [0.2, 0.25) is 0 Å². The van der Waals surface area contributed by atoms with Gasteiger partial charge >= 0.3 is 0 Å². The van der Waals surface area contributed by atoms with Crippen LogP contribution in [0.4, 0.5) is 0 Å². The third kappa shape index (κ3) is 5.80. The molecule has 2 rings (SSSR count). The summed E-state index contributed by atoms with van der Waals surface area (Å²) >= 11 is 0. The zero-order valence-corrected chi connectivity index (χ0v) is 12.9. The average Bonchev–Trinajstić information content (AvgIpc) is 2.41. The second-order valence-corrected chi connectivity index (χ2v) is 6.52. The first-order valence-corrected chi connectivity index (χ1v) is 8.34. The number of hydrogen-bond acceptors (Lipinski definition) is 3. The summed E-state index contributed by atoms with van der Waals surface area (Å²) < 4.78 is 6.05. The van der Waals surface area contributed by atoms with Gasteiger partial charge in [0.25, 0.3) is 0 Å². The molecule has 1 saturated carbocycles. The van der Waals surface area contributed by atoms with Gasteiger partial charge in [-0.1, -0.05) is 19.3 Å². The molecule has 1 N–H and O–H groups in total. The van der Waals surface area contributed by atoms with Gasteiger partial charge in [-0.2, -0.15) is 0 Å². The summed E-state index contributed by atoms with van der Waals surface area (Å²) in [5.74, 6) is 0. The van der Waals surface area contributed by atoms with Crippen molar-refractivity contribution in [1.29, 1.82) is 0 Å². The molecule has 0 radical (unpaired) electrons. The summed E-state index contributed by atoms with van der Waals surface area (Å²) in [5, 5.41) is 3.65. The monoisotopic (exact) mass is 268 g/mol. The Morgan fingerprint density at radius 1 is 0.947 bits per heavy atom. The third-order valence-electron chi connectivity index (χ3n) is 4.64. The first-order valence-electron chi connectivity index (χ1n) is 8.34. The SMILES string of the molecule is CC1CCN(CCOC2CCCCC2)CCC(C)N1. The Balaban J connectivity index is 1.63. The lowest BCUT2D eigenvalue weighted by atomic mass is 9.98. The van der Waals surface area contributed by atoms with Gasteiger partial charge in [0, 0.05) is 18.6 Å². The fourth-order valence-electron chi connectivity index (χ4n) is 3.32. The minimum Gasteiger partial charge on any atom is -0.377 e. The molecule has 0 aromatic heterocycles. The van der Waals surface area contributed by atoms with Crippen LogP contribution in [-0.2, 0) is 4.74 Å². The van der Waals surface area contributed by atoms with Crippen molar-refractivity contribution in [1.82, 2.24) is 10.2 Å². The Bertz CT molecular complexity index is 229. The van der Waals surface area contributed by atoms with Gasteiger partial charge in [0.05, 0.1) is 12.7 Å². The van der Waals surface area contributed by atoms with E-state index in [2.05, 4.69) is 24.1 Å². The van der Waals surface area contributed by atoms with E-state index >= 15 is 0 Å². The van der Waals surface area contributed by atoms with Gasteiger partial charge in [-0.3, -0.25) is 0 Å². The topological polar surface area (TPSA) is 24.5 Å². The van der Waals surface area contributed by atoms with E-state index in [1.165, 1.54) is 58.0 Å². The zero-order valence-electron chi connectivity index (χ0n) is 12.9. The van der Waals surface area contributed by atoms with Gasteiger partial charge < -0.3 is 15.0 Å². The highest BCUT2D eigenvalue weighted by Crippen LogP contribution is 2.20. The molecule has 2 fully saturated rings. The summed E-state index contributed by atoms with van der Waals surface area (Å²) in [6, 6.07) is 1.30. The maximum atomic E-state index is 6.05. The van der Waals surface area contributed by atoms with E-state index in [1.807, 2.05) is 0 Å². The molecule has 3 nitrogen and oxygen atoms in total. The summed E-state index contributed by atoms with van der Waals surface area (Å²) in [4.78, 5) is 2.59. The highest BCUT2D eigenvalue weighted by molar-refractivity contribution is 4.75. The normalized spacial score (nSPS) is 31.9. The summed E-state index contributed by atoms with van der Waals surface area (Å²) in [6.07, 6.45) is 9.80. The molecule has 112 valence electrons. The number of rotatable bonds is 4. The van der Waals surface area contributed by atoms with Gasteiger partial charge in [-0.05, 0) is 52.6 Å². The summed E-state index contributed by atoms with van der Waals surface area (Å²) in [6.45, 7) is 9.09. The molecule has 0 amide bonds. The minimum atomic E-state index is 0.558. The smallest absolute Gasteiger partial charge is 0.0597 e. The van der Waals surface area contributed by atoms with Crippen LogP contribution in [0.25, 0.3) is 0 Å². The zero-order chi connectivity index (χ0) is 13.5. The first kappa shape index (κ1) is 15.3. The lowest BCUT2D eigenvalue weighted by Gasteiger charge is -2.31. The Hall–Kier alpha value is -0.120. The van der Waals surface area contributed by atoms with Crippen molar-refractivity contribution in [2.45, 2.75) is 77.0 Å². The van der Waals surface area contributed by atoms with Crippen LogP contribution in [0, 0.1) is 0 Å². The van der Waals surface area contributed by atoms with Crippen LogP contribution in [0.1, 0.15) is 58.8 Å². The molecular formula is C16H32N2O. The van der Waals surface area contributed by atoms with Crippen LogP contribution in [0.5, 0.6) is 0 Å². The molecule has 1 aliphatic heterocycles. The first-order chi connectivity index (χ1) is 9.24. The van der Waals surface area contributed by atoms with Crippen molar-refractivity contribution in [3.8, 4) is 0 Å². The van der Waals surface area contributed by atoms with Gasteiger partial charge in [0.1, 0.15) is 0 Å². The van der Waals surface area contributed by atoms with Crippen molar-refractivity contribution in [2.75, 3.05) is 26.2 Å². The van der Waals surface area contributed by atoms with E-state index in [0.29, 0.717) is 18.2 Å². The van der Waals surface area contributed by atoms with E-state index in [4.69, 9.17) is 4.74 Å². The van der Waals surface area contributed by atoms with Crippen molar-refractivity contribution < 1.29 is 4.74 Å². The molecule has 2 unspecified atom stereocenters. The molecule has 19 heavy (non-hydrogen) atoms. The van der Waals surface area contributed by atoms with Crippen molar-refractivity contribution in [3.63, 3.8) is 0 Å². The van der Waals surface area contributed by atoms with Crippen LogP contribution in [0.15, 0.2) is 0 Å². The summed E-state index contributed by atoms with van der Waals surface area (Å²) in [5.41, 5.74) is 0. The Morgan fingerprint density at radius 3 is 2.21 bits per heavy atom. The molecule has 1 saturated heterocycles. The van der Waals surface area contributed by atoms with E-state index < -0.39 is 0 Å². The second-order valence-electron chi connectivity index (χ2n) is 6.52. The van der Waals surface area contributed by atoms with Crippen molar-refractivity contribution in [3.05, 3.63) is 0 Å². The quantitative estimate of drug-likeness (QED) is 0.848. The van der Waals surface area contributed by atoms with Gasteiger partial charge in [-0.15, -0.1) is 0 Å². The third-order valence-corrected chi connectivity index (χ3v) is 4.64. The largest absolute Gasteiger partial charge is 0.377 e. The lowest BCUT2D eigenvalue weighted by molar-refractivity contribution is 0.0146. The number of nitrogens with one attached hydrogen (secondary N) is 1. The second kappa shape index (κ2) is 8.23. The van der Waals surface area contributed by atoms with Gasteiger partial charge in [-0.25, -0.2) is 0 Å². The van der Waals surface area contributed by atoms with Crippen molar-refractivity contribution >= 4 is 0 Å². The fraction of sp³-hybridized carbons (Fsp3) is 1.00. The molecule has 0 aromatic carbocycles. The van der Waals surface area contributed by atoms with Gasteiger partial charge in [0.15, 0.2) is 0 Å². The molecule has 0 spiro atoms. The number of ether oxygens (including phenoxy) is 1. The molecule has 2 aliphatic rings. The molecule has 1 aliphatic carbocycles. The van der Waals surface area contributed by atoms with Crippen LogP contribution >= 0.6 is 0 Å².